The second kappa shape index (κ2) is 8.27. The van der Waals surface area contributed by atoms with Gasteiger partial charge < -0.3 is 16.4 Å². The molecule has 0 aliphatic carbocycles. The van der Waals surface area contributed by atoms with Gasteiger partial charge in [-0.3, -0.25) is 4.79 Å². The number of anilines is 2. The van der Waals surface area contributed by atoms with Gasteiger partial charge in [-0.2, -0.15) is 13.2 Å². The number of hydrogen-bond acceptors (Lipinski definition) is 5. The maximum Gasteiger partial charge on any atom is 0.416 e. The SMILES string of the molecule is N[C@H](CNc1ncc(-c2cc(F)c3c(c2)CC(=O)N3)s1)Cc1ccc(C(F)(F)F)cc1. The van der Waals surface area contributed by atoms with E-state index in [0.29, 0.717) is 34.8 Å². The summed E-state index contributed by atoms with van der Waals surface area (Å²) in [4.78, 5) is 16.5. The summed E-state index contributed by atoms with van der Waals surface area (Å²) in [6.45, 7) is 0.366. The first kappa shape index (κ1) is 21.3. The average Bonchev–Trinajstić information content (AvgIpc) is 3.32. The number of amides is 1. The van der Waals surface area contributed by atoms with Crippen molar-refractivity contribution in [2.75, 3.05) is 17.2 Å². The number of fused-ring (bicyclic) bond motifs is 1. The van der Waals surface area contributed by atoms with Gasteiger partial charge in [-0.05, 0) is 47.4 Å². The second-order valence-corrected chi connectivity index (χ2v) is 8.32. The molecule has 3 aromatic rings. The summed E-state index contributed by atoms with van der Waals surface area (Å²) in [6, 6.07) is 7.72. The van der Waals surface area contributed by atoms with Gasteiger partial charge >= 0.3 is 6.18 Å². The summed E-state index contributed by atoms with van der Waals surface area (Å²) in [5.41, 5.74) is 7.58. The number of nitrogens with zero attached hydrogens (tertiary/aromatic N) is 1. The summed E-state index contributed by atoms with van der Waals surface area (Å²) in [5, 5.41) is 6.20. The van der Waals surface area contributed by atoms with Crippen LogP contribution in [0.1, 0.15) is 16.7 Å². The molecule has 1 atom stereocenters. The molecule has 5 nitrogen and oxygen atoms in total. The van der Waals surface area contributed by atoms with Crippen molar-refractivity contribution in [2.45, 2.75) is 25.1 Å². The van der Waals surface area contributed by atoms with Crippen molar-refractivity contribution in [1.29, 1.82) is 0 Å². The lowest BCUT2D eigenvalue weighted by atomic mass is 10.0. The van der Waals surface area contributed by atoms with E-state index in [4.69, 9.17) is 5.73 Å². The lowest BCUT2D eigenvalue weighted by molar-refractivity contribution is -0.137. The molecule has 2 aromatic carbocycles. The molecule has 0 bridgehead atoms. The first-order valence-electron chi connectivity index (χ1n) is 9.43. The zero-order chi connectivity index (χ0) is 22.2. The smallest absolute Gasteiger partial charge is 0.360 e. The van der Waals surface area contributed by atoms with E-state index in [0.717, 1.165) is 17.0 Å². The Morgan fingerprint density at radius 2 is 1.97 bits per heavy atom. The van der Waals surface area contributed by atoms with E-state index in [1.165, 1.54) is 29.5 Å². The van der Waals surface area contributed by atoms with E-state index in [1.807, 2.05) is 0 Å². The van der Waals surface area contributed by atoms with E-state index < -0.39 is 17.6 Å². The number of thiazole rings is 1. The number of carbonyl (C=O) groups is 1. The third-order valence-corrected chi connectivity index (χ3v) is 5.88. The highest BCUT2D eigenvalue weighted by Gasteiger charge is 2.30. The van der Waals surface area contributed by atoms with Crippen LogP contribution in [0.4, 0.5) is 28.4 Å². The normalized spacial score (nSPS) is 14.3. The Kier molecular flexibility index (Phi) is 5.67. The number of alkyl halides is 3. The minimum Gasteiger partial charge on any atom is -0.360 e. The van der Waals surface area contributed by atoms with Gasteiger partial charge in [-0.25, -0.2) is 9.37 Å². The van der Waals surface area contributed by atoms with Gasteiger partial charge in [0.1, 0.15) is 5.82 Å². The van der Waals surface area contributed by atoms with Crippen LogP contribution in [0.2, 0.25) is 0 Å². The molecule has 162 valence electrons. The maximum atomic E-state index is 14.2. The Bertz CT molecular complexity index is 1110. The van der Waals surface area contributed by atoms with Gasteiger partial charge in [-0.1, -0.05) is 23.5 Å². The largest absolute Gasteiger partial charge is 0.416 e. The third-order valence-electron chi connectivity index (χ3n) is 4.87. The fourth-order valence-corrected chi connectivity index (χ4v) is 4.16. The number of rotatable bonds is 6. The molecule has 10 heteroatoms. The molecular formula is C21H18F4N4OS. The topological polar surface area (TPSA) is 80.0 Å². The van der Waals surface area contributed by atoms with Crippen LogP contribution in [0.25, 0.3) is 10.4 Å². The van der Waals surface area contributed by atoms with Crippen molar-refractivity contribution in [3.05, 3.63) is 65.1 Å². The van der Waals surface area contributed by atoms with E-state index >= 15 is 0 Å². The van der Waals surface area contributed by atoms with Gasteiger partial charge in [-0.15, -0.1) is 0 Å². The molecule has 4 rings (SSSR count). The number of aromatic nitrogens is 1. The standard InChI is InChI=1S/C21H18F4N4OS/c22-16-7-12(6-13-8-18(30)29-19(13)16)17-10-28-20(31-17)27-9-15(26)5-11-1-3-14(4-2-11)21(23,24)25/h1-4,6-7,10,15H,5,8-9,26H2,(H,27,28)(H,29,30)/t15-/m0/s1. The molecule has 31 heavy (non-hydrogen) atoms. The van der Waals surface area contributed by atoms with E-state index in [-0.39, 0.29) is 24.1 Å². The summed E-state index contributed by atoms with van der Waals surface area (Å²) >= 11 is 1.32. The Labute approximate surface area is 179 Å². The molecule has 2 heterocycles. The second-order valence-electron chi connectivity index (χ2n) is 7.29. The summed E-state index contributed by atoms with van der Waals surface area (Å²) < 4.78 is 52.2. The fourth-order valence-electron chi connectivity index (χ4n) is 3.35. The zero-order valence-corrected chi connectivity index (χ0v) is 16.9. The number of nitrogens with two attached hydrogens (primary N) is 1. The molecule has 1 amide bonds. The van der Waals surface area contributed by atoms with Gasteiger partial charge in [0.25, 0.3) is 0 Å². The Morgan fingerprint density at radius 3 is 2.68 bits per heavy atom. The molecule has 0 spiro atoms. The van der Waals surface area contributed by atoms with Gasteiger partial charge in [0.05, 0.1) is 22.5 Å². The number of hydrogen-bond donors (Lipinski definition) is 3. The van der Waals surface area contributed by atoms with Crippen LogP contribution in [0.3, 0.4) is 0 Å². The Hall–Kier alpha value is -2.98. The highest BCUT2D eigenvalue weighted by atomic mass is 32.1. The quantitative estimate of drug-likeness (QED) is 0.485. The number of halogens is 4. The van der Waals surface area contributed by atoms with E-state index in [2.05, 4.69) is 15.6 Å². The first-order valence-corrected chi connectivity index (χ1v) is 10.2. The lowest BCUT2D eigenvalue weighted by Crippen LogP contribution is -2.31. The predicted molar refractivity (Wildman–Crippen MR) is 111 cm³/mol. The molecular weight excluding hydrogens is 432 g/mol. The van der Waals surface area contributed by atoms with Gasteiger partial charge in [0, 0.05) is 18.8 Å². The van der Waals surface area contributed by atoms with Crippen molar-refractivity contribution < 1.29 is 22.4 Å². The third kappa shape index (κ3) is 4.86. The highest BCUT2D eigenvalue weighted by molar-refractivity contribution is 7.18. The minimum absolute atomic E-state index is 0.142. The van der Waals surface area contributed by atoms with Crippen LogP contribution in [0.5, 0.6) is 0 Å². The van der Waals surface area contributed by atoms with E-state index in [1.54, 1.807) is 12.3 Å². The van der Waals surface area contributed by atoms with E-state index in [9.17, 15) is 22.4 Å². The van der Waals surface area contributed by atoms with Crippen molar-refractivity contribution in [3.8, 4) is 10.4 Å². The van der Waals surface area contributed by atoms with Crippen LogP contribution in [0, 0.1) is 5.82 Å². The zero-order valence-electron chi connectivity index (χ0n) is 16.1. The average molecular weight is 450 g/mol. The fraction of sp³-hybridized carbons (Fsp3) is 0.238. The Balaban J connectivity index is 1.36. The molecule has 0 radical (unpaired) electrons. The monoisotopic (exact) mass is 450 g/mol. The van der Waals surface area contributed by atoms with Crippen LogP contribution in [0.15, 0.2) is 42.6 Å². The maximum absolute atomic E-state index is 14.2. The number of nitrogens with one attached hydrogen (secondary N) is 2. The molecule has 1 aromatic heterocycles. The summed E-state index contributed by atoms with van der Waals surface area (Å²) in [5.74, 6) is -0.723. The first-order chi connectivity index (χ1) is 14.7. The van der Waals surface area contributed by atoms with Crippen LogP contribution in [-0.4, -0.2) is 23.5 Å². The lowest BCUT2D eigenvalue weighted by Gasteiger charge is -2.13. The number of carbonyl (C=O) groups excluding carboxylic acids is 1. The van der Waals surface area contributed by atoms with Crippen molar-refractivity contribution in [2.24, 2.45) is 5.73 Å². The van der Waals surface area contributed by atoms with Crippen LogP contribution >= 0.6 is 11.3 Å². The molecule has 0 saturated heterocycles. The predicted octanol–water partition coefficient (Wildman–Crippen LogP) is 4.44. The summed E-state index contributed by atoms with van der Waals surface area (Å²) in [7, 11) is 0. The van der Waals surface area contributed by atoms with Crippen LogP contribution < -0.4 is 16.4 Å². The minimum atomic E-state index is -4.36. The van der Waals surface area contributed by atoms with Crippen molar-refractivity contribution >= 4 is 28.1 Å². The molecule has 0 fully saturated rings. The molecule has 0 saturated carbocycles. The highest BCUT2D eigenvalue weighted by Crippen LogP contribution is 2.35. The van der Waals surface area contributed by atoms with Crippen molar-refractivity contribution in [1.82, 2.24) is 4.98 Å². The van der Waals surface area contributed by atoms with Crippen molar-refractivity contribution in [3.63, 3.8) is 0 Å². The molecule has 0 unspecified atom stereocenters. The number of benzene rings is 2. The summed E-state index contributed by atoms with van der Waals surface area (Å²) in [6.07, 6.45) is -2.21. The van der Waals surface area contributed by atoms with Gasteiger partial charge in [0.15, 0.2) is 5.13 Å². The molecule has 4 N–H and O–H groups in total. The molecule has 1 aliphatic rings. The van der Waals surface area contributed by atoms with Gasteiger partial charge in [0.2, 0.25) is 5.91 Å². The Morgan fingerprint density at radius 1 is 1.23 bits per heavy atom. The molecule has 1 aliphatic heterocycles. The van der Waals surface area contributed by atoms with Crippen LogP contribution in [-0.2, 0) is 23.8 Å².